The smallest absolute Gasteiger partial charge is 0.226 e. The van der Waals surface area contributed by atoms with Crippen LogP contribution in [0.4, 0.5) is 0 Å². The highest BCUT2D eigenvalue weighted by molar-refractivity contribution is 5.79. The van der Waals surface area contributed by atoms with Gasteiger partial charge in [-0.3, -0.25) is 9.78 Å². The molecule has 0 saturated carbocycles. The molecule has 2 aromatic rings. The number of aromatic nitrogens is 1. The number of benzene rings is 1. The molecule has 1 saturated heterocycles. The van der Waals surface area contributed by atoms with E-state index in [0.29, 0.717) is 19.8 Å². The second-order valence-electron chi connectivity index (χ2n) is 6.39. The Hall–Kier alpha value is -2.24. The molecule has 1 aliphatic rings. The lowest BCUT2D eigenvalue weighted by atomic mass is 9.97. The molecule has 0 radical (unpaired) electrons. The SMILES string of the molecule is O=C(C1CCOCC1)N(Cc1ccncc1)CC(O)c1ccccc1. The summed E-state index contributed by atoms with van der Waals surface area (Å²) in [7, 11) is 0. The third-order valence-corrected chi connectivity index (χ3v) is 4.58. The highest BCUT2D eigenvalue weighted by Gasteiger charge is 2.28. The van der Waals surface area contributed by atoms with Crippen molar-refractivity contribution in [2.45, 2.75) is 25.5 Å². The molecule has 1 aromatic heterocycles. The van der Waals surface area contributed by atoms with Crippen LogP contribution in [0.25, 0.3) is 0 Å². The van der Waals surface area contributed by atoms with Crippen LogP contribution in [0.1, 0.15) is 30.1 Å². The minimum Gasteiger partial charge on any atom is -0.387 e. The van der Waals surface area contributed by atoms with Crippen LogP contribution in [0.2, 0.25) is 0 Å². The van der Waals surface area contributed by atoms with Crippen molar-refractivity contribution in [3.63, 3.8) is 0 Å². The number of carbonyl (C=O) groups excluding carboxylic acids is 1. The van der Waals surface area contributed by atoms with Crippen LogP contribution in [0, 0.1) is 5.92 Å². The van der Waals surface area contributed by atoms with Crippen LogP contribution in [0.3, 0.4) is 0 Å². The van der Waals surface area contributed by atoms with Crippen LogP contribution < -0.4 is 0 Å². The summed E-state index contributed by atoms with van der Waals surface area (Å²) in [5.74, 6) is 0.0636. The zero-order chi connectivity index (χ0) is 17.5. The van der Waals surface area contributed by atoms with Gasteiger partial charge in [-0.25, -0.2) is 0 Å². The van der Waals surface area contributed by atoms with E-state index in [0.717, 1.165) is 24.0 Å². The molecule has 5 nitrogen and oxygen atoms in total. The summed E-state index contributed by atoms with van der Waals surface area (Å²) in [6.45, 7) is 2.01. The molecule has 1 atom stereocenters. The Morgan fingerprint density at radius 1 is 1.16 bits per heavy atom. The van der Waals surface area contributed by atoms with Gasteiger partial charge in [0, 0.05) is 38.1 Å². The fourth-order valence-electron chi connectivity index (χ4n) is 3.13. The number of aliphatic hydroxyl groups excluding tert-OH is 1. The van der Waals surface area contributed by atoms with Crippen LogP contribution in [0.5, 0.6) is 0 Å². The maximum atomic E-state index is 13.0. The fourth-order valence-corrected chi connectivity index (χ4v) is 3.13. The molecule has 132 valence electrons. The summed E-state index contributed by atoms with van der Waals surface area (Å²) >= 11 is 0. The van der Waals surface area contributed by atoms with E-state index in [1.54, 1.807) is 17.3 Å². The van der Waals surface area contributed by atoms with Crippen molar-refractivity contribution < 1.29 is 14.6 Å². The molecule has 2 heterocycles. The van der Waals surface area contributed by atoms with Gasteiger partial charge in [0.1, 0.15) is 0 Å². The van der Waals surface area contributed by atoms with Gasteiger partial charge in [0.05, 0.1) is 12.6 Å². The summed E-state index contributed by atoms with van der Waals surface area (Å²) in [5.41, 5.74) is 1.83. The molecule has 1 fully saturated rings. The van der Waals surface area contributed by atoms with Crippen molar-refractivity contribution >= 4 is 5.91 Å². The molecule has 1 unspecified atom stereocenters. The molecule has 25 heavy (non-hydrogen) atoms. The summed E-state index contributed by atoms with van der Waals surface area (Å²) in [6, 6.07) is 13.3. The third-order valence-electron chi connectivity index (χ3n) is 4.58. The largest absolute Gasteiger partial charge is 0.387 e. The summed E-state index contributed by atoms with van der Waals surface area (Å²) in [4.78, 5) is 18.8. The summed E-state index contributed by atoms with van der Waals surface area (Å²) < 4.78 is 5.37. The predicted molar refractivity (Wildman–Crippen MR) is 94.6 cm³/mol. The minimum atomic E-state index is -0.702. The molecule has 3 rings (SSSR count). The first-order valence-corrected chi connectivity index (χ1v) is 8.72. The number of amides is 1. The summed E-state index contributed by atoms with van der Waals surface area (Å²) in [6.07, 6.45) is 4.23. The van der Waals surface area contributed by atoms with Crippen molar-refractivity contribution in [2.24, 2.45) is 5.92 Å². The fraction of sp³-hybridized carbons (Fsp3) is 0.400. The second kappa shape index (κ2) is 8.74. The lowest BCUT2D eigenvalue weighted by Gasteiger charge is -2.31. The van der Waals surface area contributed by atoms with Crippen molar-refractivity contribution in [1.82, 2.24) is 9.88 Å². The number of ether oxygens (including phenoxy) is 1. The van der Waals surface area contributed by atoms with Crippen LogP contribution in [-0.4, -0.2) is 40.7 Å². The van der Waals surface area contributed by atoms with E-state index in [1.165, 1.54) is 0 Å². The van der Waals surface area contributed by atoms with Crippen molar-refractivity contribution in [3.8, 4) is 0 Å². The Bertz CT molecular complexity index is 657. The van der Waals surface area contributed by atoms with Gasteiger partial charge in [0.2, 0.25) is 5.91 Å². The van der Waals surface area contributed by atoms with Gasteiger partial charge in [-0.15, -0.1) is 0 Å². The van der Waals surface area contributed by atoms with E-state index in [9.17, 15) is 9.90 Å². The quantitative estimate of drug-likeness (QED) is 0.878. The second-order valence-corrected chi connectivity index (χ2v) is 6.39. The third kappa shape index (κ3) is 4.87. The molecule has 1 amide bonds. The first-order chi connectivity index (χ1) is 12.2. The Kier molecular flexibility index (Phi) is 6.14. The Morgan fingerprint density at radius 2 is 1.84 bits per heavy atom. The monoisotopic (exact) mass is 340 g/mol. The van der Waals surface area contributed by atoms with E-state index in [4.69, 9.17) is 4.74 Å². The topological polar surface area (TPSA) is 62.7 Å². The van der Waals surface area contributed by atoms with Crippen LogP contribution in [0.15, 0.2) is 54.9 Å². The Morgan fingerprint density at radius 3 is 2.52 bits per heavy atom. The van der Waals surface area contributed by atoms with Gasteiger partial charge in [-0.2, -0.15) is 0 Å². The first kappa shape index (κ1) is 17.6. The van der Waals surface area contributed by atoms with Crippen LogP contribution >= 0.6 is 0 Å². The van der Waals surface area contributed by atoms with Gasteiger partial charge in [0.25, 0.3) is 0 Å². The van der Waals surface area contributed by atoms with Crippen molar-refractivity contribution in [2.75, 3.05) is 19.8 Å². The number of rotatable bonds is 6. The minimum absolute atomic E-state index is 0.0291. The first-order valence-electron chi connectivity index (χ1n) is 8.72. The molecule has 0 spiro atoms. The van der Waals surface area contributed by atoms with Gasteiger partial charge in [0.15, 0.2) is 0 Å². The zero-order valence-electron chi connectivity index (χ0n) is 14.3. The van der Waals surface area contributed by atoms with Gasteiger partial charge < -0.3 is 14.7 Å². The molecule has 0 bridgehead atoms. The van der Waals surface area contributed by atoms with E-state index < -0.39 is 6.10 Å². The molecular weight excluding hydrogens is 316 g/mol. The maximum Gasteiger partial charge on any atom is 0.226 e. The zero-order valence-corrected chi connectivity index (χ0v) is 14.3. The highest BCUT2D eigenvalue weighted by atomic mass is 16.5. The van der Waals surface area contributed by atoms with E-state index in [2.05, 4.69) is 4.98 Å². The number of aliphatic hydroxyl groups is 1. The highest BCUT2D eigenvalue weighted by Crippen LogP contribution is 2.22. The van der Waals surface area contributed by atoms with Gasteiger partial charge in [-0.1, -0.05) is 30.3 Å². The van der Waals surface area contributed by atoms with Gasteiger partial charge >= 0.3 is 0 Å². The van der Waals surface area contributed by atoms with Crippen molar-refractivity contribution in [1.29, 1.82) is 0 Å². The Balaban J connectivity index is 1.74. The van der Waals surface area contributed by atoms with E-state index >= 15 is 0 Å². The van der Waals surface area contributed by atoms with Crippen LogP contribution in [-0.2, 0) is 16.1 Å². The molecule has 1 aromatic carbocycles. The Labute approximate surface area is 148 Å². The van der Waals surface area contributed by atoms with E-state index in [1.807, 2.05) is 42.5 Å². The van der Waals surface area contributed by atoms with E-state index in [-0.39, 0.29) is 18.4 Å². The van der Waals surface area contributed by atoms with Crippen molar-refractivity contribution in [3.05, 3.63) is 66.0 Å². The van der Waals surface area contributed by atoms with Gasteiger partial charge in [-0.05, 0) is 36.1 Å². The normalized spacial score (nSPS) is 16.4. The lowest BCUT2D eigenvalue weighted by Crippen LogP contribution is -2.40. The standard InChI is InChI=1S/C20H24N2O3/c23-19(17-4-2-1-3-5-17)15-22(14-16-6-10-21-11-7-16)20(24)18-8-12-25-13-9-18/h1-7,10-11,18-19,23H,8-9,12-15H2. The number of pyridine rings is 1. The molecule has 5 heteroatoms. The molecule has 0 aliphatic carbocycles. The number of hydrogen-bond acceptors (Lipinski definition) is 4. The lowest BCUT2D eigenvalue weighted by molar-refractivity contribution is -0.140. The number of carbonyl (C=O) groups is 1. The number of nitrogens with zero attached hydrogens (tertiary/aromatic N) is 2. The molecular formula is C20H24N2O3. The predicted octanol–water partition coefficient (Wildman–Crippen LogP) is 2.57. The molecule has 1 aliphatic heterocycles. The maximum absolute atomic E-state index is 13.0. The summed E-state index contributed by atoms with van der Waals surface area (Å²) in [5, 5.41) is 10.6. The molecule has 1 N–H and O–H groups in total. The average Bonchev–Trinajstić information content (AvgIpc) is 2.69. The average molecular weight is 340 g/mol. The number of hydrogen-bond donors (Lipinski definition) is 1.